The number of hydrogen-bond acceptors (Lipinski definition) is 3. The van der Waals surface area contributed by atoms with Gasteiger partial charge in [-0.25, -0.2) is 9.37 Å². The molecule has 18 heavy (non-hydrogen) atoms. The van der Waals surface area contributed by atoms with Gasteiger partial charge in [0, 0.05) is 18.2 Å². The number of pyridine rings is 1. The molecule has 0 saturated carbocycles. The molecule has 3 N–H and O–H groups in total. The number of rotatable bonds is 3. The van der Waals surface area contributed by atoms with Gasteiger partial charge in [0.25, 0.3) is 0 Å². The molecule has 0 saturated heterocycles. The molecule has 94 valence electrons. The van der Waals surface area contributed by atoms with Gasteiger partial charge in [0.2, 0.25) is 0 Å². The second kappa shape index (κ2) is 4.74. The molecule has 0 aliphatic rings. The zero-order valence-electron chi connectivity index (χ0n) is 10.1. The molecule has 0 aliphatic carbocycles. The van der Waals surface area contributed by atoms with Gasteiger partial charge in [-0.3, -0.25) is 0 Å². The van der Waals surface area contributed by atoms with Crippen molar-refractivity contribution in [2.24, 2.45) is 0 Å². The number of benzene rings is 1. The van der Waals surface area contributed by atoms with Crippen molar-refractivity contribution in [1.82, 2.24) is 4.98 Å². The summed E-state index contributed by atoms with van der Waals surface area (Å²) in [7, 11) is 0. The van der Waals surface area contributed by atoms with E-state index >= 15 is 0 Å². The molecule has 0 radical (unpaired) electrons. The van der Waals surface area contributed by atoms with Crippen LogP contribution in [0.2, 0.25) is 0 Å². The summed E-state index contributed by atoms with van der Waals surface area (Å²) < 4.78 is 12.8. The summed E-state index contributed by atoms with van der Waals surface area (Å²) >= 11 is 0. The lowest BCUT2D eigenvalue weighted by Crippen LogP contribution is -2.26. The monoisotopic (exact) mass is 246 g/mol. The van der Waals surface area contributed by atoms with Crippen LogP contribution >= 0.6 is 0 Å². The predicted octanol–water partition coefficient (Wildman–Crippen LogP) is 2.25. The van der Waals surface area contributed by atoms with E-state index in [-0.39, 0.29) is 5.82 Å². The molecule has 4 heteroatoms. The summed E-state index contributed by atoms with van der Waals surface area (Å²) in [4.78, 5) is 3.96. The maximum atomic E-state index is 12.8. The van der Waals surface area contributed by atoms with Crippen LogP contribution < -0.4 is 5.73 Å². The van der Waals surface area contributed by atoms with Crippen LogP contribution in [-0.2, 0) is 12.0 Å². The first-order chi connectivity index (χ1) is 8.49. The first kappa shape index (κ1) is 12.5. The average Bonchev–Trinajstić information content (AvgIpc) is 2.32. The van der Waals surface area contributed by atoms with E-state index in [9.17, 15) is 9.50 Å². The number of aliphatic hydroxyl groups is 1. The molecule has 1 unspecified atom stereocenters. The quantitative estimate of drug-likeness (QED) is 0.873. The second-order valence-electron chi connectivity index (χ2n) is 4.51. The molecule has 0 amide bonds. The minimum absolute atomic E-state index is 0.292. The topological polar surface area (TPSA) is 59.1 Å². The van der Waals surface area contributed by atoms with Crippen molar-refractivity contribution in [3.63, 3.8) is 0 Å². The third-order valence-corrected chi connectivity index (χ3v) is 2.88. The highest BCUT2D eigenvalue weighted by Gasteiger charge is 2.26. The Balaban J connectivity index is 2.27. The summed E-state index contributed by atoms with van der Waals surface area (Å²) in [6.07, 6.45) is 1.93. The van der Waals surface area contributed by atoms with Crippen molar-refractivity contribution in [2.75, 3.05) is 5.73 Å². The SMILES string of the molecule is CC(O)(Cc1ccc(F)cc1)c1cccnc1N. The molecule has 0 aliphatic heterocycles. The Morgan fingerprint density at radius 2 is 1.94 bits per heavy atom. The van der Waals surface area contributed by atoms with Gasteiger partial charge in [-0.05, 0) is 30.7 Å². The van der Waals surface area contributed by atoms with E-state index in [1.165, 1.54) is 12.1 Å². The van der Waals surface area contributed by atoms with Crippen LogP contribution in [0.3, 0.4) is 0 Å². The molecule has 0 bridgehead atoms. The molecular weight excluding hydrogens is 231 g/mol. The lowest BCUT2D eigenvalue weighted by molar-refractivity contribution is 0.0581. The third-order valence-electron chi connectivity index (χ3n) is 2.88. The summed E-state index contributed by atoms with van der Waals surface area (Å²) in [5.74, 6) is 0.0175. The Morgan fingerprint density at radius 1 is 1.28 bits per heavy atom. The maximum absolute atomic E-state index is 12.8. The van der Waals surface area contributed by atoms with E-state index in [2.05, 4.69) is 4.98 Å². The largest absolute Gasteiger partial charge is 0.385 e. The van der Waals surface area contributed by atoms with E-state index in [4.69, 9.17) is 5.73 Å². The van der Waals surface area contributed by atoms with Gasteiger partial charge in [-0.2, -0.15) is 0 Å². The summed E-state index contributed by atoms with van der Waals surface area (Å²) in [5, 5.41) is 10.5. The van der Waals surface area contributed by atoms with E-state index in [1.807, 2.05) is 0 Å². The fourth-order valence-corrected chi connectivity index (χ4v) is 1.97. The van der Waals surface area contributed by atoms with E-state index in [1.54, 1.807) is 37.4 Å². The zero-order chi connectivity index (χ0) is 13.2. The van der Waals surface area contributed by atoms with Gasteiger partial charge in [0.05, 0.1) is 5.60 Å². The highest BCUT2D eigenvalue weighted by Crippen LogP contribution is 2.28. The molecule has 1 atom stereocenters. The molecule has 0 spiro atoms. The van der Waals surface area contributed by atoms with Crippen molar-refractivity contribution in [1.29, 1.82) is 0 Å². The van der Waals surface area contributed by atoms with E-state index < -0.39 is 5.60 Å². The Labute approximate surface area is 105 Å². The van der Waals surface area contributed by atoms with Gasteiger partial charge < -0.3 is 10.8 Å². The molecule has 1 aromatic carbocycles. The minimum atomic E-state index is -1.13. The van der Waals surface area contributed by atoms with Gasteiger partial charge in [-0.1, -0.05) is 18.2 Å². The van der Waals surface area contributed by atoms with Crippen LogP contribution in [0, 0.1) is 5.82 Å². The van der Waals surface area contributed by atoms with Crippen LogP contribution in [0.15, 0.2) is 42.6 Å². The molecule has 1 aromatic heterocycles. The van der Waals surface area contributed by atoms with Crippen LogP contribution in [-0.4, -0.2) is 10.1 Å². The number of halogens is 1. The number of nitrogen functional groups attached to an aromatic ring is 1. The second-order valence-corrected chi connectivity index (χ2v) is 4.51. The van der Waals surface area contributed by atoms with E-state index in [0.717, 1.165) is 5.56 Å². The number of aromatic nitrogens is 1. The van der Waals surface area contributed by atoms with Gasteiger partial charge in [-0.15, -0.1) is 0 Å². The van der Waals surface area contributed by atoms with Crippen molar-refractivity contribution in [2.45, 2.75) is 18.9 Å². The molecule has 3 nitrogen and oxygen atoms in total. The Hall–Kier alpha value is -1.94. The number of hydrogen-bond donors (Lipinski definition) is 2. The third kappa shape index (κ3) is 2.65. The molecule has 1 heterocycles. The van der Waals surface area contributed by atoms with Crippen LogP contribution in [0.4, 0.5) is 10.2 Å². The lowest BCUT2D eigenvalue weighted by atomic mass is 9.89. The molecule has 2 aromatic rings. The predicted molar refractivity (Wildman–Crippen MR) is 68.3 cm³/mol. The minimum Gasteiger partial charge on any atom is -0.385 e. The normalized spacial score (nSPS) is 14.2. The van der Waals surface area contributed by atoms with Gasteiger partial charge >= 0.3 is 0 Å². The fraction of sp³-hybridized carbons (Fsp3) is 0.214. The summed E-state index contributed by atoms with van der Waals surface area (Å²) in [6, 6.07) is 9.51. The number of nitrogens with zero attached hydrogens (tertiary/aromatic N) is 1. The van der Waals surface area contributed by atoms with Crippen molar-refractivity contribution >= 4 is 5.82 Å². The van der Waals surface area contributed by atoms with Crippen LogP contribution in [0.25, 0.3) is 0 Å². The Bertz CT molecular complexity index is 538. The lowest BCUT2D eigenvalue weighted by Gasteiger charge is -2.24. The Morgan fingerprint density at radius 3 is 2.56 bits per heavy atom. The first-order valence-corrected chi connectivity index (χ1v) is 5.67. The standard InChI is InChI=1S/C14H15FN2O/c1-14(18,12-3-2-8-17-13(12)16)9-10-4-6-11(15)7-5-10/h2-8,18H,9H2,1H3,(H2,16,17). The Kier molecular flexibility index (Phi) is 3.30. The van der Waals surface area contributed by atoms with Gasteiger partial charge in [0.1, 0.15) is 11.6 Å². The fourth-order valence-electron chi connectivity index (χ4n) is 1.97. The van der Waals surface area contributed by atoms with Crippen LogP contribution in [0.1, 0.15) is 18.1 Å². The maximum Gasteiger partial charge on any atom is 0.129 e. The van der Waals surface area contributed by atoms with Crippen molar-refractivity contribution < 1.29 is 9.50 Å². The summed E-state index contributed by atoms with van der Waals surface area (Å²) in [5.41, 5.74) is 6.04. The first-order valence-electron chi connectivity index (χ1n) is 5.67. The smallest absolute Gasteiger partial charge is 0.129 e. The van der Waals surface area contributed by atoms with Crippen molar-refractivity contribution in [3.8, 4) is 0 Å². The summed E-state index contributed by atoms with van der Waals surface area (Å²) in [6.45, 7) is 1.67. The molecular formula is C14H15FN2O. The molecule has 2 rings (SSSR count). The average molecular weight is 246 g/mol. The van der Waals surface area contributed by atoms with Crippen LogP contribution in [0.5, 0.6) is 0 Å². The zero-order valence-corrected chi connectivity index (χ0v) is 10.1. The highest BCUT2D eigenvalue weighted by molar-refractivity contribution is 5.43. The van der Waals surface area contributed by atoms with E-state index in [0.29, 0.717) is 17.8 Å². The number of nitrogens with two attached hydrogens (primary N) is 1. The van der Waals surface area contributed by atoms with Crippen molar-refractivity contribution in [3.05, 3.63) is 59.5 Å². The number of anilines is 1. The highest BCUT2D eigenvalue weighted by atomic mass is 19.1. The van der Waals surface area contributed by atoms with Gasteiger partial charge in [0.15, 0.2) is 0 Å². The molecule has 0 fully saturated rings.